The molecule has 0 spiro atoms. The summed E-state index contributed by atoms with van der Waals surface area (Å²) in [5.74, 6) is 0.209. The first kappa shape index (κ1) is 14.0. The SMILES string of the molecule is NCC(O)C(=O)Nc1ccc(C2CCCCC2)cc1. The van der Waals surface area contributed by atoms with Crippen molar-refractivity contribution in [3.63, 3.8) is 0 Å². The highest BCUT2D eigenvalue weighted by Crippen LogP contribution is 2.32. The fourth-order valence-electron chi connectivity index (χ4n) is 2.61. The van der Waals surface area contributed by atoms with Crippen LogP contribution in [0.4, 0.5) is 5.69 Å². The number of nitrogens with one attached hydrogen (secondary N) is 1. The Morgan fingerprint density at radius 3 is 2.47 bits per heavy atom. The van der Waals surface area contributed by atoms with Crippen LogP contribution in [0.3, 0.4) is 0 Å². The van der Waals surface area contributed by atoms with Gasteiger partial charge in [0, 0.05) is 12.2 Å². The Labute approximate surface area is 114 Å². The monoisotopic (exact) mass is 262 g/mol. The van der Waals surface area contributed by atoms with Crippen LogP contribution in [0.5, 0.6) is 0 Å². The minimum absolute atomic E-state index is 0.0635. The molecule has 4 heteroatoms. The van der Waals surface area contributed by atoms with Gasteiger partial charge < -0.3 is 16.2 Å². The van der Waals surface area contributed by atoms with Gasteiger partial charge in [0.2, 0.25) is 0 Å². The largest absolute Gasteiger partial charge is 0.382 e. The zero-order valence-electron chi connectivity index (χ0n) is 11.1. The van der Waals surface area contributed by atoms with Crippen molar-refractivity contribution in [1.82, 2.24) is 0 Å². The molecule has 0 aliphatic heterocycles. The van der Waals surface area contributed by atoms with E-state index in [2.05, 4.69) is 17.4 Å². The van der Waals surface area contributed by atoms with Crippen LogP contribution in [0, 0.1) is 0 Å². The maximum Gasteiger partial charge on any atom is 0.254 e. The molecule has 0 heterocycles. The summed E-state index contributed by atoms with van der Waals surface area (Å²) in [5, 5.41) is 12.0. The second-order valence-corrected chi connectivity index (χ2v) is 5.20. The van der Waals surface area contributed by atoms with Crippen LogP contribution in [-0.2, 0) is 4.79 Å². The molecule has 2 rings (SSSR count). The van der Waals surface area contributed by atoms with Gasteiger partial charge in [-0.15, -0.1) is 0 Å². The second kappa shape index (κ2) is 6.68. The number of nitrogens with two attached hydrogens (primary N) is 1. The zero-order valence-corrected chi connectivity index (χ0v) is 11.1. The van der Waals surface area contributed by atoms with E-state index in [4.69, 9.17) is 5.73 Å². The third kappa shape index (κ3) is 3.78. The van der Waals surface area contributed by atoms with Gasteiger partial charge >= 0.3 is 0 Å². The summed E-state index contributed by atoms with van der Waals surface area (Å²) in [4.78, 5) is 11.5. The van der Waals surface area contributed by atoms with Gasteiger partial charge in [-0.1, -0.05) is 31.4 Å². The first-order valence-electron chi connectivity index (χ1n) is 6.99. The molecule has 0 aromatic heterocycles. The smallest absolute Gasteiger partial charge is 0.254 e. The summed E-state index contributed by atoms with van der Waals surface area (Å²) in [6.45, 7) is -0.0635. The fourth-order valence-corrected chi connectivity index (χ4v) is 2.61. The standard InChI is InChI=1S/C15H22N2O2/c16-10-14(18)15(19)17-13-8-6-12(7-9-13)11-4-2-1-3-5-11/h6-9,11,14,18H,1-5,10,16H2,(H,17,19). The zero-order chi connectivity index (χ0) is 13.7. The number of rotatable bonds is 4. The first-order chi connectivity index (χ1) is 9.20. The molecule has 4 nitrogen and oxygen atoms in total. The first-order valence-corrected chi connectivity index (χ1v) is 6.99. The average molecular weight is 262 g/mol. The summed E-state index contributed by atoms with van der Waals surface area (Å²) in [5.41, 5.74) is 7.29. The molecule has 104 valence electrons. The van der Waals surface area contributed by atoms with Gasteiger partial charge in [0.25, 0.3) is 5.91 Å². The molecule has 1 unspecified atom stereocenters. The molecule has 1 saturated carbocycles. The van der Waals surface area contributed by atoms with Crippen molar-refractivity contribution in [1.29, 1.82) is 0 Å². The molecule has 1 aromatic rings. The lowest BCUT2D eigenvalue weighted by atomic mass is 9.84. The van der Waals surface area contributed by atoms with Crippen molar-refractivity contribution in [2.75, 3.05) is 11.9 Å². The van der Waals surface area contributed by atoms with Gasteiger partial charge in [-0.05, 0) is 36.5 Å². The van der Waals surface area contributed by atoms with Crippen LogP contribution in [0.25, 0.3) is 0 Å². The van der Waals surface area contributed by atoms with Crippen LogP contribution >= 0.6 is 0 Å². The van der Waals surface area contributed by atoms with E-state index in [9.17, 15) is 9.90 Å². The number of benzene rings is 1. The molecule has 1 aliphatic rings. The predicted molar refractivity (Wildman–Crippen MR) is 76.0 cm³/mol. The summed E-state index contributed by atoms with van der Waals surface area (Å²) in [6.07, 6.45) is 5.35. The number of hydrogen-bond donors (Lipinski definition) is 3. The van der Waals surface area contributed by atoms with Crippen molar-refractivity contribution < 1.29 is 9.90 Å². The Hall–Kier alpha value is -1.39. The van der Waals surface area contributed by atoms with E-state index < -0.39 is 12.0 Å². The molecular weight excluding hydrogens is 240 g/mol. The molecule has 19 heavy (non-hydrogen) atoms. The van der Waals surface area contributed by atoms with Gasteiger partial charge in [-0.2, -0.15) is 0 Å². The van der Waals surface area contributed by atoms with Crippen LogP contribution in [0.2, 0.25) is 0 Å². The summed E-state index contributed by atoms with van der Waals surface area (Å²) in [7, 11) is 0. The maximum absolute atomic E-state index is 11.5. The van der Waals surface area contributed by atoms with E-state index in [1.165, 1.54) is 37.7 Å². The van der Waals surface area contributed by atoms with Gasteiger partial charge in [0.15, 0.2) is 0 Å². The fraction of sp³-hybridized carbons (Fsp3) is 0.533. The quantitative estimate of drug-likeness (QED) is 0.776. The van der Waals surface area contributed by atoms with Crippen LogP contribution in [0.1, 0.15) is 43.6 Å². The lowest BCUT2D eigenvalue weighted by Crippen LogP contribution is -2.34. The van der Waals surface area contributed by atoms with E-state index in [1.54, 1.807) is 0 Å². The molecule has 1 fully saturated rings. The Balaban J connectivity index is 1.96. The van der Waals surface area contributed by atoms with Crippen molar-refractivity contribution >= 4 is 11.6 Å². The maximum atomic E-state index is 11.5. The lowest BCUT2D eigenvalue weighted by molar-refractivity contribution is -0.123. The van der Waals surface area contributed by atoms with Gasteiger partial charge in [0.05, 0.1) is 0 Å². The number of carbonyl (C=O) groups excluding carboxylic acids is 1. The lowest BCUT2D eigenvalue weighted by Gasteiger charge is -2.22. The van der Waals surface area contributed by atoms with E-state index in [1.807, 2.05) is 12.1 Å². The third-order valence-corrected chi connectivity index (χ3v) is 3.78. The summed E-state index contributed by atoms with van der Waals surface area (Å²) >= 11 is 0. The Bertz CT molecular complexity index is 411. The summed E-state index contributed by atoms with van der Waals surface area (Å²) < 4.78 is 0. The normalized spacial score (nSPS) is 18.0. The molecule has 0 saturated heterocycles. The highest BCUT2D eigenvalue weighted by atomic mass is 16.3. The molecule has 1 aromatic carbocycles. The molecular formula is C15H22N2O2. The number of amides is 1. The molecule has 0 radical (unpaired) electrons. The van der Waals surface area contributed by atoms with Crippen molar-refractivity contribution in [3.05, 3.63) is 29.8 Å². The van der Waals surface area contributed by atoms with Gasteiger partial charge in [-0.25, -0.2) is 0 Å². The molecule has 0 bridgehead atoms. The number of anilines is 1. The topological polar surface area (TPSA) is 75.3 Å². The minimum atomic E-state index is -1.14. The Morgan fingerprint density at radius 1 is 1.26 bits per heavy atom. The third-order valence-electron chi connectivity index (χ3n) is 3.78. The van der Waals surface area contributed by atoms with Gasteiger partial charge in [-0.3, -0.25) is 4.79 Å². The Kier molecular flexibility index (Phi) is 4.93. The Morgan fingerprint density at radius 2 is 1.89 bits per heavy atom. The minimum Gasteiger partial charge on any atom is -0.382 e. The van der Waals surface area contributed by atoms with Crippen LogP contribution in [0.15, 0.2) is 24.3 Å². The number of hydrogen-bond acceptors (Lipinski definition) is 3. The number of aliphatic hydroxyl groups is 1. The van der Waals surface area contributed by atoms with E-state index >= 15 is 0 Å². The van der Waals surface area contributed by atoms with E-state index in [0.29, 0.717) is 11.6 Å². The average Bonchev–Trinajstić information content (AvgIpc) is 2.48. The highest BCUT2D eigenvalue weighted by Gasteiger charge is 2.16. The predicted octanol–water partition coefficient (Wildman–Crippen LogP) is 1.99. The van der Waals surface area contributed by atoms with Crippen molar-refractivity contribution in [2.45, 2.75) is 44.1 Å². The van der Waals surface area contributed by atoms with Crippen molar-refractivity contribution in [2.24, 2.45) is 5.73 Å². The number of carbonyl (C=O) groups is 1. The van der Waals surface area contributed by atoms with Crippen LogP contribution in [-0.4, -0.2) is 23.7 Å². The summed E-state index contributed by atoms with van der Waals surface area (Å²) in [6, 6.07) is 7.93. The van der Waals surface area contributed by atoms with Crippen LogP contribution < -0.4 is 11.1 Å². The molecule has 1 aliphatic carbocycles. The molecule has 1 atom stereocenters. The second-order valence-electron chi connectivity index (χ2n) is 5.20. The van der Waals surface area contributed by atoms with Gasteiger partial charge in [0.1, 0.15) is 6.10 Å². The highest BCUT2D eigenvalue weighted by molar-refractivity contribution is 5.94. The van der Waals surface area contributed by atoms with E-state index in [0.717, 1.165) is 0 Å². The number of aliphatic hydroxyl groups excluding tert-OH is 1. The van der Waals surface area contributed by atoms with Crippen molar-refractivity contribution in [3.8, 4) is 0 Å². The van der Waals surface area contributed by atoms with E-state index in [-0.39, 0.29) is 6.54 Å². The molecule has 1 amide bonds. The molecule has 4 N–H and O–H groups in total.